The first-order valence-electron chi connectivity index (χ1n) is 8.15. The van der Waals surface area contributed by atoms with Gasteiger partial charge in [0.2, 0.25) is 11.8 Å². The number of likely N-dealkylation sites (N-methyl/N-ethyl adjacent to an activating group) is 1. The lowest BCUT2D eigenvalue weighted by Gasteiger charge is -2.27. The molecule has 8 heteroatoms. The van der Waals surface area contributed by atoms with Gasteiger partial charge < -0.3 is 15.0 Å². The number of amides is 1. The van der Waals surface area contributed by atoms with Crippen molar-refractivity contribution in [2.24, 2.45) is 11.3 Å². The zero-order valence-electron chi connectivity index (χ0n) is 14.9. The topological polar surface area (TPSA) is 54.5 Å². The van der Waals surface area contributed by atoms with Crippen LogP contribution in [0.2, 0.25) is 0 Å². The summed E-state index contributed by atoms with van der Waals surface area (Å²) < 4.78 is 44.2. The lowest BCUT2D eigenvalue weighted by molar-refractivity contribution is -0.139. The number of hydrogen-bond acceptors (Lipinski definition) is 4. The smallest absolute Gasteiger partial charge is 0.421 e. The molecule has 1 aromatic rings. The van der Waals surface area contributed by atoms with E-state index in [0.717, 1.165) is 19.2 Å². The molecule has 0 radical (unpaired) electrons. The van der Waals surface area contributed by atoms with Crippen molar-refractivity contribution in [3.63, 3.8) is 0 Å². The zero-order valence-corrected chi connectivity index (χ0v) is 14.9. The Morgan fingerprint density at radius 2 is 2.08 bits per heavy atom. The first-order valence-corrected chi connectivity index (χ1v) is 8.15. The van der Waals surface area contributed by atoms with Crippen LogP contribution in [-0.2, 0) is 11.0 Å². The van der Waals surface area contributed by atoms with Gasteiger partial charge in [0.1, 0.15) is 12.2 Å². The second-order valence-corrected chi connectivity index (χ2v) is 7.30. The van der Waals surface area contributed by atoms with Gasteiger partial charge in [-0.3, -0.25) is 4.79 Å². The van der Waals surface area contributed by atoms with Gasteiger partial charge in [0.15, 0.2) is 0 Å². The monoisotopic (exact) mass is 359 g/mol. The van der Waals surface area contributed by atoms with Crippen LogP contribution in [0, 0.1) is 11.3 Å². The third-order valence-electron chi connectivity index (χ3n) is 4.37. The van der Waals surface area contributed by atoms with Crippen LogP contribution in [-0.4, -0.2) is 48.6 Å². The van der Waals surface area contributed by atoms with Gasteiger partial charge in [-0.1, -0.05) is 6.92 Å². The average molecular weight is 359 g/mol. The van der Waals surface area contributed by atoms with E-state index in [1.165, 1.54) is 12.3 Å². The van der Waals surface area contributed by atoms with Gasteiger partial charge in [-0.2, -0.15) is 13.2 Å². The summed E-state index contributed by atoms with van der Waals surface area (Å²) >= 11 is 0. The van der Waals surface area contributed by atoms with Crippen molar-refractivity contribution in [2.45, 2.75) is 33.0 Å². The summed E-state index contributed by atoms with van der Waals surface area (Å²) in [6, 6.07) is 2.13. The Labute approximate surface area is 145 Å². The second kappa shape index (κ2) is 7.19. The molecule has 2 atom stereocenters. The van der Waals surface area contributed by atoms with Crippen LogP contribution in [0.3, 0.4) is 0 Å². The summed E-state index contributed by atoms with van der Waals surface area (Å²) in [4.78, 5) is 18.3. The van der Waals surface area contributed by atoms with Crippen LogP contribution in [0.15, 0.2) is 18.3 Å². The SMILES string of the molecule is CC1CN(C)CC1NC(=O)C(C)(C)COc1ncccc1C(F)(F)F. The summed E-state index contributed by atoms with van der Waals surface area (Å²) in [5, 5.41) is 2.98. The lowest BCUT2D eigenvalue weighted by atomic mass is 9.92. The first-order chi connectivity index (χ1) is 11.5. The number of halogens is 3. The van der Waals surface area contributed by atoms with E-state index in [9.17, 15) is 18.0 Å². The van der Waals surface area contributed by atoms with Gasteiger partial charge >= 0.3 is 6.18 Å². The molecular weight excluding hydrogens is 335 g/mol. The highest BCUT2D eigenvalue weighted by atomic mass is 19.4. The Morgan fingerprint density at radius 1 is 1.40 bits per heavy atom. The van der Waals surface area contributed by atoms with Crippen LogP contribution in [0.4, 0.5) is 13.2 Å². The Bertz CT molecular complexity index is 619. The average Bonchev–Trinajstić information content (AvgIpc) is 2.82. The summed E-state index contributed by atoms with van der Waals surface area (Å²) in [6.07, 6.45) is -3.33. The fourth-order valence-corrected chi connectivity index (χ4v) is 2.80. The molecule has 0 spiro atoms. The van der Waals surface area contributed by atoms with Gasteiger partial charge in [-0.25, -0.2) is 4.98 Å². The fraction of sp³-hybridized carbons (Fsp3) is 0.647. The van der Waals surface area contributed by atoms with Crippen LogP contribution >= 0.6 is 0 Å². The molecule has 5 nitrogen and oxygen atoms in total. The molecule has 1 aliphatic heterocycles. The normalized spacial score (nSPS) is 22.0. The molecule has 0 aliphatic carbocycles. The minimum Gasteiger partial charge on any atom is -0.476 e. The minimum absolute atomic E-state index is 0.0253. The number of nitrogens with one attached hydrogen (secondary N) is 1. The quantitative estimate of drug-likeness (QED) is 0.878. The van der Waals surface area contributed by atoms with Crippen LogP contribution in [0.1, 0.15) is 26.3 Å². The van der Waals surface area contributed by atoms with E-state index in [0.29, 0.717) is 5.92 Å². The molecule has 0 bridgehead atoms. The molecule has 140 valence electrons. The summed E-state index contributed by atoms with van der Waals surface area (Å²) in [5.41, 5.74) is -1.93. The highest BCUT2D eigenvalue weighted by Gasteiger charge is 2.37. The van der Waals surface area contributed by atoms with E-state index < -0.39 is 23.0 Å². The Hall–Kier alpha value is -1.83. The standard InChI is InChI=1S/C17H24F3N3O2/c1-11-8-23(4)9-13(11)22-15(24)16(2,3)10-25-14-12(17(18,19)20)6-5-7-21-14/h5-7,11,13H,8-10H2,1-4H3,(H,22,24). The van der Waals surface area contributed by atoms with E-state index in [1.807, 2.05) is 7.05 Å². The van der Waals surface area contributed by atoms with Gasteiger partial charge in [0.05, 0.1) is 5.41 Å². The molecular formula is C17H24F3N3O2. The molecule has 1 aliphatic rings. The number of aromatic nitrogens is 1. The third-order valence-corrected chi connectivity index (χ3v) is 4.37. The van der Waals surface area contributed by atoms with Gasteiger partial charge in [0.25, 0.3) is 0 Å². The van der Waals surface area contributed by atoms with Crippen molar-refractivity contribution in [1.29, 1.82) is 0 Å². The molecule has 1 N–H and O–H groups in total. The van der Waals surface area contributed by atoms with Crippen LogP contribution in [0.25, 0.3) is 0 Å². The minimum atomic E-state index is -4.56. The maximum absolute atomic E-state index is 13.0. The Kier molecular flexibility index (Phi) is 5.61. The number of carbonyl (C=O) groups is 1. The number of pyridine rings is 1. The second-order valence-electron chi connectivity index (χ2n) is 7.30. The van der Waals surface area contributed by atoms with Gasteiger partial charge in [-0.05, 0) is 38.9 Å². The molecule has 1 fully saturated rings. The van der Waals surface area contributed by atoms with E-state index in [4.69, 9.17) is 4.74 Å². The Balaban J connectivity index is 2.01. The third kappa shape index (κ3) is 4.84. The molecule has 1 saturated heterocycles. The van der Waals surface area contributed by atoms with E-state index in [2.05, 4.69) is 22.1 Å². The predicted molar refractivity (Wildman–Crippen MR) is 87.1 cm³/mol. The van der Waals surface area contributed by atoms with Crippen molar-refractivity contribution >= 4 is 5.91 Å². The molecule has 0 saturated carbocycles. The lowest BCUT2D eigenvalue weighted by Crippen LogP contribution is -2.48. The largest absolute Gasteiger partial charge is 0.476 e. The van der Waals surface area contributed by atoms with Gasteiger partial charge in [-0.15, -0.1) is 0 Å². The summed E-state index contributed by atoms with van der Waals surface area (Å²) in [7, 11) is 1.98. The van der Waals surface area contributed by atoms with Crippen LogP contribution in [0.5, 0.6) is 5.88 Å². The molecule has 1 aromatic heterocycles. The number of alkyl halides is 3. The maximum Gasteiger partial charge on any atom is 0.421 e. The molecule has 2 unspecified atom stereocenters. The predicted octanol–water partition coefficient (Wildman–Crippen LogP) is 2.57. The molecule has 2 rings (SSSR count). The summed E-state index contributed by atoms with van der Waals surface area (Å²) in [6.45, 7) is 6.79. The first kappa shape index (κ1) is 19.5. The number of rotatable bonds is 5. The molecule has 0 aromatic carbocycles. The van der Waals surface area contributed by atoms with Crippen molar-refractivity contribution in [3.05, 3.63) is 23.9 Å². The zero-order chi connectivity index (χ0) is 18.8. The van der Waals surface area contributed by atoms with Crippen molar-refractivity contribution in [1.82, 2.24) is 15.2 Å². The highest BCUT2D eigenvalue weighted by molar-refractivity contribution is 5.82. The number of carbonyl (C=O) groups excluding carboxylic acids is 1. The van der Waals surface area contributed by atoms with Crippen molar-refractivity contribution in [2.75, 3.05) is 26.7 Å². The van der Waals surface area contributed by atoms with E-state index in [1.54, 1.807) is 13.8 Å². The van der Waals surface area contributed by atoms with E-state index >= 15 is 0 Å². The maximum atomic E-state index is 13.0. The summed E-state index contributed by atoms with van der Waals surface area (Å²) in [5.74, 6) is -0.438. The molecule has 2 heterocycles. The molecule has 1 amide bonds. The van der Waals surface area contributed by atoms with Crippen LogP contribution < -0.4 is 10.1 Å². The fourth-order valence-electron chi connectivity index (χ4n) is 2.80. The number of ether oxygens (including phenoxy) is 1. The number of hydrogen-bond donors (Lipinski definition) is 1. The Morgan fingerprint density at radius 3 is 2.64 bits per heavy atom. The van der Waals surface area contributed by atoms with Gasteiger partial charge in [0, 0.05) is 25.3 Å². The highest BCUT2D eigenvalue weighted by Crippen LogP contribution is 2.35. The number of nitrogens with zero attached hydrogens (tertiary/aromatic N) is 2. The van der Waals surface area contributed by atoms with E-state index in [-0.39, 0.29) is 18.6 Å². The molecule has 25 heavy (non-hydrogen) atoms. The number of likely N-dealkylation sites (tertiary alicyclic amines) is 1. The van der Waals surface area contributed by atoms with Crippen molar-refractivity contribution < 1.29 is 22.7 Å². The van der Waals surface area contributed by atoms with Crippen molar-refractivity contribution in [3.8, 4) is 5.88 Å².